The molecule has 1 aromatic rings. The van der Waals surface area contributed by atoms with Crippen molar-refractivity contribution in [3.63, 3.8) is 0 Å². The number of benzene rings is 1. The fraction of sp³-hybridized carbons (Fsp3) is 0.500. The van der Waals surface area contributed by atoms with Crippen LogP contribution in [0, 0.1) is 17.8 Å². The van der Waals surface area contributed by atoms with E-state index < -0.39 is 0 Å². The van der Waals surface area contributed by atoms with E-state index in [9.17, 15) is 0 Å². The van der Waals surface area contributed by atoms with E-state index in [4.69, 9.17) is 4.74 Å². The maximum absolute atomic E-state index is 5.18. The molecule has 18 heavy (non-hydrogen) atoms. The number of allylic oxidation sites excluding steroid dienone is 2. The van der Waals surface area contributed by atoms with Gasteiger partial charge in [0.05, 0.1) is 7.11 Å². The highest BCUT2D eigenvalue weighted by atomic mass is 16.5. The van der Waals surface area contributed by atoms with Crippen molar-refractivity contribution in [2.24, 2.45) is 17.8 Å². The van der Waals surface area contributed by atoms with E-state index in [1.165, 1.54) is 18.5 Å². The Hall–Kier alpha value is -1.44. The number of rotatable bonds is 4. The van der Waals surface area contributed by atoms with Gasteiger partial charge in [-0.25, -0.2) is 0 Å². The summed E-state index contributed by atoms with van der Waals surface area (Å²) in [5, 5.41) is 3.63. The molecule has 3 rings (SSSR count). The van der Waals surface area contributed by atoms with E-state index in [1.807, 2.05) is 12.1 Å². The summed E-state index contributed by atoms with van der Waals surface area (Å²) >= 11 is 0. The predicted molar refractivity (Wildman–Crippen MR) is 74.9 cm³/mol. The Morgan fingerprint density at radius 3 is 2.50 bits per heavy atom. The van der Waals surface area contributed by atoms with Crippen LogP contribution in [0.15, 0.2) is 36.4 Å². The largest absolute Gasteiger partial charge is 0.497 e. The lowest BCUT2D eigenvalue weighted by molar-refractivity contribution is 0.399. The lowest BCUT2D eigenvalue weighted by Gasteiger charge is -2.27. The molecule has 1 aromatic carbocycles. The zero-order valence-corrected chi connectivity index (χ0v) is 11.1. The molecule has 4 atom stereocenters. The van der Waals surface area contributed by atoms with Gasteiger partial charge in [-0.2, -0.15) is 0 Å². The third-order valence-corrected chi connectivity index (χ3v) is 4.46. The molecule has 2 bridgehead atoms. The third kappa shape index (κ3) is 2.12. The van der Waals surface area contributed by atoms with Crippen LogP contribution in [0.3, 0.4) is 0 Å². The van der Waals surface area contributed by atoms with Crippen molar-refractivity contribution in [1.82, 2.24) is 0 Å². The maximum atomic E-state index is 5.18. The monoisotopic (exact) mass is 243 g/mol. The molecule has 0 amide bonds. The van der Waals surface area contributed by atoms with Gasteiger partial charge in [0.2, 0.25) is 0 Å². The second-order valence-electron chi connectivity index (χ2n) is 5.61. The second kappa shape index (κ2) is 4.68. The van der Waals surface area contributed by atoms with Crippen molar-refractivity contribution in [2.75, 3.05) is 12.4 Å². The molecule has 0 saturated heterocycles. The van der Waals surface area contributed by atoms with Crippen molar-refractivity contribution in [2.45, 2.75) is 25.8 Å². The summed E-state index contributed by atoms with van der Waals surface area (Å²) in [6.45, 7) is 2.31. The van der Waals surface area contributed by atoms with Crippen LogP contribution in [0.1, 0.15) is 19.8 Å². The van der Waals surface area contributed by atoms with Gasteiger partial charge in [0, 0.05) is 11.7 Å². The summed E-state index contributed by atoms with van der Waals surface area (Å²) in [7, 11) is 1.70. The maximum Gasteiger partial charge on any atom is 0.119 e. The summed E-state index contributed by atoms with van der Waals surface area (Å²) < 4.78 is 5.18. The Kier molecular flexibility index (Phi) is 3.02. The second-order valence-corrected chi connectivity index (χ2v) is 5.61. The Balaban J connectivity index is 1.63. The summed E-state index contributed by atoms with van der Waals surface area (Å²) in [5.41, 5.74) is 1.19. The fourth-order valence-corrected chi connectivity index (χ4v) is 3.46. The fourth-order valence-electron chi connectivity index (χ4n) is 3.46. The van der Waals surface area contributed by atoms with Crippen LogP contribution in [0.5, 0.6) is 5.75 Å². The van der Waals surface area contributed by atoms with Gasteiger partial charge in [0.15, 0.2) is 0 Å². The predicted octanol–water partition coefficient (Wildman–Crippen LogP) is 3.71. The van der Waals surface area contributed by atoms with Gasteiger partial charge in [-0.3, -0.25) is 0 Å². The molecule has 1 saturated carbocycles. The van der Waals surface area contributed by atoms with Gasteiger partial charge < -0.3 is 10.1 Å². The molecule has 2 aliphatic rings. The molecule has 0 aromatic heterocycles. The molecule has 1 N–H and O–H groups in total. The van der Waals surface area contributed by atoms with Gasteiger partial charge in [-0.15, -0.1) is 0 Å². The molecule has 0 aliphatic heterocycles. The van der Waals surface area contributed by atoms with Crippen LogP contribution in [-0.2, 0) is 0 Å². The quantitative estimate of drug-likeness (QED) is 0.814. The van der Waals surface area contributed by atoms with Gasteiger partial charge >= 0.3 is 0 Å². The van der Waals surface area contributed by atoms with Crippen LogP contribution >= 0.6 is 0 Å². The first-order valence-corrected chi connectivity index (χ1v) is 6.85. The minimum atomic E-state index is 0.540. The Bertz CT molecular complexity index is 437. The smallest absolute Gasteiger partial charge is 0.119 e. The van der Waals surface area contributed by atoms with Gasteiger partial charge in [0.25, 0.3) is 0 Å². The van der Waals surface area contributed by atoms with Gasteiger partial charge in [0.1, 0.15) is 5.75 Å². The average Bonchev–Trinajstić information content (AvgIpc) is 3.02. The molecular weight excluding hydrogens is 222 g/mol. The molecule has 2 nitrogen and oxygen atoms in total. The number of anilines is 1. The van der Waals surface area contributed by atoms with Crippen molar-refractivity contribution in [1.29, 1.82) is 0 Å². The van der Waals surface area contributed by atoms with Crippen LogP contribution in [0.2, 0.25) is 0 Å². The molecular formula is C16H21NO. The molecule has 2 aliphatic carbocycles. The summed E-state index contributed by atoms with van der Waals surface area (Å²) in [5.74, 6) is 3.36. The Morgan fingerprint density at radius 2 is 1.94 bits per heavy atom. The first kappa shape index (κ1) is 11.6. The lowest BCUT2D eigenvalue weighted by Crippen LogP contribution is -2.28. The molecule has 2 heteroatoms. The summed E-state index contributed by atoms with van der Waals surface area (Å²) in [6.07, 6.45) is 7.55. The van der Waals surface area contributed by atoms with E-state index >= 15 is 0 Å². The zero-order chi connectivity index (χ0) is 12.5. The number of methoxy groups -OCH3 is 1. The minimum absolute atomic E-state index is 0.540. The third-order valence-electron chi connectivity index (χ3n) is 4.46. The number of nitrogens with one attached hydrogen (secondary N) is 1. The highest BCUT2D eigenvalue weighted by molar-refractivity contribution is 5.47. The van der Waals surface area contributed by atoms with E-state index in [0.717, 1.165) is 23.5 Å². The average molecular weight is 243 g/mol. The normalized spacial score (nSPS) is 30.4. The molecule has 4 unspecified atom stereocenters. The number of ether oxygens (including phenoxy) is 1. The van der Waals surface area contributed by atoms with Crippen molar-refractivity contribution >= 4 is 5.69 Å². The van der Waals surface area contributed by atoms with E-state index in [1.54, 1.807) is 7.11 Å². The van der Waals surface area contributed by atoms with E-state index in [2.05, 4.69) is 36.5 Å². The first-order chi connectivity index (χ1) is 8.76. The molecule has 0 radical (unpaired) electrons. The Morgan fingerprint density at radius 1 is 1.17 bits per heavy atom. The highest BCUT2D eigenvalue weighted by Gasteiger charge is 2.38. The topological polar surface area (TPSA) is 21.3 Å². The number of hydrogen-bond donors (Lipinski definition) is 1. The first-order valence-electron chi connectivity index (χ1n) is 6.85. The molecule has 1 fully saturated rings. The van der Waals surface area contributed by atoms with Crippen LogP contribution in [0.4, 0.5) is 5.69 Å². The standard InChI is InChI=1S/C16H21NO/c1-11(16-10-12-3-4-13(16)9-12)17-14-5-7-15(18-2)8-6-14/h3-8,11-13,16-17H,9-10H2,1-2H3. The van der Waals surface area contributed by atoms with Gasteiger partial charge in [-0.1, -0.05) is 12.2 Å². The zero-order valence-electron chi connectivity index (χ0n) is 11.1. The summed E-state index contributed by atoms with van der Waals surface area (Å²) in [4.78, 5) is 0. The van der Waals surface area contributed by atoms with Crippen molar-refractivity contribution in [3.05, 3.63) is 36.4 Å². The van der Waals surface area contributed by atoms with Gasteiger partial charge in [-0.05, 0) is 61.8 Å². The summed E-state index contributed by atoms with van der Waals surface area (Å²) in [6, 6.07) is 8.75. The molecule has 96 valence electrons. The SMILES string of the molecule is COc1ccc(NC(C)C2CC3C=CC2C3)cc1. The van der Waals surface area contributed by atoms with Crippen LogP contribution in [-0.4, -0.2) is 13.2 Å². The van der Waals surface area contributed by atoms with E-state index in [-0.39, 0.29) is 0 Å². The van der Waals surface area contributed by atoms with Crippen molar-refractivity contribution < 1.29 is 4.74 Å². The molecule has 0 heterocycles. The van der Waals surface area contributed by atoms with Crippen molar-refractivity contribution in [3.8, 4) is 5.75 Å². The number of hydrogen-bond acceptors (Lipinski definition) is 2. The lowest BCUT2D eigenvalue weighted by atomic mass is 9.87. The Labute approximate surface area is 109 Å². The molecule has 0 spiro atoms. The highest BCUT2D eigenvalue weighted by Crippen LogP contribution is 2.45. The van der Waals surface area contributed by atoms with Crippen LogP contribution in [0.25, 0.3) is 0 Å². The van der Waals surface area contributed by atoms with Crippen LogP contribution < -0.4 is 10.1 Å². The van der Waals surface area contributed by atoms with E-state index in [0.29, 0.717) is 6.04 Å². The number of fused-ring (bicyclic) bond motifs is 2. The minimum Gasteiger partial charge on any atom is -0.497 e.